The highest BCUT2D eigenvalue weighted by Crippen LogP contribution is 2.23. The monoisotopic (exact) mass is 296 g/mol. The van der Waals surface area contributed by atoms with Gasteiger partial charge >= 0.3 is 0 Å². The van der Waals surface area contributed by atoms with Crippen LogP contribution in [0.5, 0.6) is 0 Å². The standard InChI is InChI=1S/C18H20N2O2/c1-2-7-16(13-8-4-3-5-9-13)18(22)20-15-11-6-10-14(12-15)17(19)21/h3-6,8-12,16H,2,7H2,1H3,(H2,19,21)(H,20,22)/t16-/m1/s1. The fourth-order valence-corrected chi connectivity index (χ4v) is 2.40. The molecule has 0 heterocycles. The molecular formula is C18H20N2O2. The van der Waals surface area contributed by atoms with Gasteiger partial charge in [-0.2, -0.15) is 0 Å². The zero-order chi connectivity index (χ0) is 15.9. The van der Waals surface area contributed by atoms with Crippen molar-refractivity contribution >= 4 is 17.5 Å². The number of benzene rings is 2. The van der Waals surface area contributed by atoms with Crippen LogP contribution in [0, 0.1) is 0 Å². The Balaban J connectivity index is 2.18. The van der Waals surface area contributed by atoms with Gasteiger partial charge in [-0.15, -0.1) is 0 Å². The van der Waals surface area contributed by atoms with Crippen molar-refractivity contribution in [3.8, 4) is 0 Å². The Labute approximate surface area is 130 Å². The van der Waals surface area contributed by atoms with Gasteiger partial charge in [0, 0.05) is 11.3 Å². The van der Waals surface area contributed by atoms with Gasteiger partial charge < -0.3 is 11.1 Å². The van der Waals surface area contributed by atoms with E-state index in [9.17, 15) is 9.59 Å². The van der Waals surface area contributed by atoms with Crippen LogP contribution in [0.15, 0.2) is 54.6 Å². The lowest BCUT2D eigenvalue weighted by Gasteiger charge is -2.16. The minimum atomic E-state index is -0.510. The molecule has 0 radical (unpaired) electrons. The first-order valence-corrected chi connectivity index (χ1v) is 7.37. The fraction of sp³-hybridized carbons (Fsp3) is 0.222. The Morgan fingerprint density at radius 2 is 1.82 bits per heavy atom. The van der Waals surface area contributed by atoms with E-state index in [4.69, 9.17) is 5.73 Å². The molecule has 22 heavy (non-hydrogen) atoms. The quantitative estimate of drug-likeness (QED) is 0.858. The molecule has 0 aliphatic heterocycles. The molecule has 2 rings (SSSR count). The lowest BCUT2D eigenvalue weighted by Crippen LogP contribution is -2.21. The number of primary amides is 1. The van der Waals surface area contributed by atoms with Gasteiger partial charge in [-0.3, -0.25) is 9.59 Å². The summed E-state index contributed by atoms with van der Waals surface area (Å²) in [6.07, 6.45) is 1.68. The molecule has 0 bridgehead atoms. The summed E-state index contributed by atoms with van der Waals surface area (Å²) < 4.78 is 0. The van der Waals surface area contributed by atoms with Crippen LogP contribution in [0.2, 0.25) is 0 Å². The first-order valence-electron chi connectivity index (χ1n) is 7.37. The molecule has 0 saturated heterocycles. The van der Waals surface area contributed by atoms with Crippen molar-refractivity contribution in [2.75, 3.05) is 5.32 Å². The van der Waals surface area contributed by atoms with Gasteiger partial charge in [0.15, 0.2) is 0 Å². The highest BCUT2D eigenvalue weighted by molar-refractivity contribution is 5.98. The lowest BCUT2D eigenvalue weighted by atomic mass is 9.93. The second-order valence-corrected chi connectivity index (χ2v) is 5.19. The predicted octanol–water partition coefficient (Wildman–Crippen LogP) is 3.31. The Kier molecular flexibility index (Phi) is 5.31. The van der Waals surface area contributed by atoms with E-state index in [1.54, 1.807) is 24.3 Å². The third-order valence-electron chi connectivity index (χ3n) is 3.51. The minimum absolute atomic E-state index is 0.0744. The summed E-state index contributed by atoms with van der Waals surface area (Å²) in [4.78, 5) is 23.8. The van der Waals surface area contributed by atoms with Crippen LogP contribution in [-0.4, -0.2) is 11.8 Å². The molecule has 2 amide bonds. The summed E-state index contributed by atoms with van der Waals surface area (Å²) in [6.45, 7) is 2.05. The zero-order valence-electron chi connectivity index (χ0n) is 12.6. The number of rotatable bonds is 6. The number of hydrogen-bond acceptors (Lipinski definition) is 2. The van der Waals surface area contributed by atoms with Crippen molar-refractivity contribution in [3.05, 3.63) is 65.7 Å². The summed E-state index contributed by atoms with van der Waals surface area (Å²) in [5, 5.41) is 2.87. The van der Waals surface area contributed by atoms with Crippen LogP contribution in [0.4, 0.5) is 5.69 Å². The van der Waals surface area contributed by atoms with Crippen molar-refractivity contribution in [2.24, 2.45) is 5.73 Å². The largest absolute Gasteiger partial charge is 0.366 e. The van der Waals surface area contributed by atoms with E-state index in [1.165, 1.54) is 0 Å². The second-order valence-electron chi connectivity index (χ2n) is 5.19. The van der Waals surface area contributed by atoms with Gasteiger partial charge in [0.05, 0.1) is 5.92 Å². The molecule has 4 nitrogen and oxygen atoms in total. The molecule has 4 heteroatoms. The number of hydrogen-bond donors (Lipinski definition) is 2. The summed E-state index contributed by atoms with van der Waals surface area (Å²) in [6, 6.07) is 16.4. The summed E-state index contributed by atoms with van der Waals surface area (Å²) >= 11 is 0. The molecule has 0 aliphatic carbocycles. The van der Waals surface area contributed by atoms with Crippen molar-refractivity contribution in [3.63, 3.8) is 0 Å². The summed E-state index contributed by atoms with van der Waals surface area (Å²) in [5.41, 5.74) is 7.21. The molecule has 2 aromatic rings. The van der Waals surface area contributed by atoms with E-state index in [0.717, 1.165) is 18.4 Å². The molecule has 0 saturated carbocycles. The molecule has 3 N–H and O–H groups in total. The first kappa shape index (κ1) is 15.8. The van der Waals surface area contributed by atoms with Gasteiger partial charge in [0.25, 0.3) is 0 Å². The second kappa shape index (κ2) is 7.41. The van der Waals surface area contributed by atoms with Crippen LogP contribution < -0.4 is 11.1 Å². The maximum atomic E-state index is 12.6. The van der Waals surface area contributed by atoms with E-state index < -0.39 is 5.91 Å². The molecule has 1 atom stereocenters. The molecule has 0 unspecified atom stereocenters. The topological polar surface area (TPSA) is 72.2 Å². The average molecular weight is 296 g/mol. The molecule has 2 aromatic carbocycles. The number of anilines is 1. The lowest BCUT2D eigenvalue weighted by molar-refractivity contribution is -0.117. The van der Waals surface area contributed by atoms with Crippen molar-refractivity contribution in [1.82, 2.24) is 0 Å². The highest BCUT2D eigenvalue weighted by Gasteiger charge is 2.19. The van der Waals surface area contributed by atoms with Crippen LogP contribution >= 0.6 is 0 Å². The number of carbonyl (C=O) groups excluding carboxylic acids is 2. The zero-order valence-corrected chi connectivity index (χ0v) is 12.6. The number of amides is 2. The highest BCUT2D eigenvalue weighted by atomic mass is 16.2. The third-order valence-corrected chi connectivity index (χ3v) is 3.51. The SMILES string of the molecule is CCC[C@@H](C(=O)Nc1cccc(C(N)=O)c1)c1ccccc1. The Morgan fingerprint density at radius 1 is 1.09 bits per heavy atom. The Hall–Kier alpha value is -2.62. The van der Waals surface area contributed by atoms with Crippen LogP contribution in [0.1, 0.15) is 41.6 Å². The first-order chi connectivity index (χ1) is 10.6. The predicted molar refractivity (Wildman–Crippen MR) is 87.7 cm³/mol. The van der Waals surface area contributed by atoms with Gasteiger partial charge in [-0.05, 0) is 30.2 Å². The van der Waals surface area contributed by atoms with Gasteiger partial charge in [0.2, 0.25) is 11.8 Å². The normalized spacial score (nSPS) is 11.7. The van der Waals surface area contributed by atoms with E-state index in [0.29, 0.717) is 11.3 Å². The van der Waals surface area contributed by atoms with Crippen molar-refractivity contribution in [2.45, 2.75) is 25.7 Å². The molecule has 114 valence electrons. The molecule has 0 fully saturated rings. The van der Waals surface area contributed by atoms with Gasteiger partial charge in [0.1, 0.15) is 0 Å². The summed E-state index contributed by atoms with van der Waals surface area (Å²) in [7, 11) is 0. The Morgan fingerprint density at radius 3 is 2.45 bits per heavy atom. The smallest absolute Gasteiger partial charge is 0.248 e. The average Bonchev–Trinajstić information content (AvgIpc) is 2.53. The van der Waals surface area contributed by atoms with E-state index in [1.807, 2.05) is 30.3 Å². The van der Waals surface area contributed by atoms with Crippen LogP contribution in [-0.2, 0) is 4.79 Å². The Bertz CT molecular complexity index is 653. The van der Waals surface area contributed by atoms with E-state index in [-0.39, 0.29) is 11.8 Å². The van der Waals surface area contributed by atoms with Gasteiger partial charge in [-0.25, -0.2) is 0 Å². The number of nitrogens with two attached hydrogens (primary N) is 1. The molecule has 0 aliphatic rings. The van der Waals surface area contributed by atoms with Crippen LogP contribution in [0.3, 0.4) is 0 Å². The maximum Gasteiger partial charge on any atom is 0.248 e. The van der Waals surface area contributed by atoms with Crippen LogP contribution in [0.25, 0.3) is 0 Å². The molecule has 0 spiro atoms. The van der Waals surface area contributed by atoms with E-state index >= 15 is 0 Å². The fourth-order valence-electron chi connectivity index (χ4n) is 2.40. The van der Waals surface area contributed by atoms with E-state index in [2.05, 4.69) is 12.2 Å². The van der Waals surface area contributed by atoms with Crippen molar-refractivity contribution in [1.29, 1.82) is 0 Å². The molecular weight excluding hydrogens is 276 g/mol. The maximum absolute atomic E-state index is 12.6. The summed E-state index contributed by atoms with van der Waals surface area (Å²) in [5.74, 6) is -0.789. The van der Waals surface area contributed by atoms with Crippen molar-refractivity contribution < 1.29 is 9.59 Å². The molecule has 0 aromatic heterocycles. The number of carbonyl (C=O) groups is 2. The minimum Gasteiger partial charge on any atom is -0.366 e. The number of nitrogens with one attached hydrogen (secondary N) is 1. The van der Waals surface area contributed by atoms with Gasteiger partial charge in [-0.1, -0.05) is 49.7 Å². The third kappa shape index (κ3) is 3.95.